The second-order valence-corrected chi connectivity index (χ2v) is 5.06. The molecule has 0 N–H and O–H groups in total. The van der Waals surface area contributed by atoms with Gasteiger partial charge < -0.3 is 4.90 Å². The topological polar surface area (TPSA) is 63.5 Å². The molecule has 1 aromatic carbocycles. The van der Waals surface area contributed by atoms with Gasteiger partial charge in [-0.3, -0.25) is 14.9 Å². The van der Waals surface area contributed by atoms with Crippen molar-refractivity contribution < 1.29 is 9.72 Å². The van der Waals surface area contributed by atoms with Gasteiger partial charge in [0.25, 0.3) is 5.69 Å². The monoisotopic (exact) mass is 262 g/mol. The number of anilines is 1. The van der Waals surface area contributed by atoms with Crippen LogP contribution in [0.2, 0.25) is 0 Å². The Morgan fingerprint density at radius 2 is 2.16 bits per heavy atom. The van der Waals surface area contributed by atoms with E-state index in [1.54, 1.807) is 19.1 Å². The number of carbonyl (C=O) groups is 1. The van der Waals surface area contributed by atoms with Crippen molar-refractivity contribution in [3.8, 4) is 0 Å². The maximum absolute atomic E-state index is 11.7. The van der Waals surface area contributed by atoms with Crippen LogP contribution in [0, 0.1) is 17.0 Å². The number of nitrogens with zero attached hydrogens (tertiary/aromatic N) is 2. The lowest BCUT2D eigenvalue weighted by molar-refractivity contribution is -0.384. The molecule has 0 spiro atoms. The van der Waals surface area contributed by atoms with Crippen molar-refractivity contribution in [1.82, 2.24) is 0 Å². The van der Waals surface area contributed by atoms with Crippen LogP contribution >= 0.6 is 0 Å². The van der Waals surface area contributed by atoms with Gasteiger partial charge in [0.15, 0.2) is 5.78 Å². The Morgan fingerprint density at radius 1 is 1.42 bits per heavy atom. The first-order chi connectivity index (χ1) is 9.00. The third kappa shape index (κ3) is 2.75. The average molecular weight is 262 g/mol. The first-order valence-corrected chi connectivity index (χ1v) is 6.53. The lowest BCUT2D eigenvalue weighted by Gasteiger charge is -2.35. The van der Waals surface area contributed by atoms with Crippen LogP contribution in [0.25, 0.3) is 0 Å². The summed E-state index contributed by atoms with van der Waals surface area (Å²) < 4.78 is 0. The third-order valence-electron chi connectivity index (χ3n) is 3.61. The number of hydrogen-bond donors (Lipinski definition) is 0. The van der Waals surface area contributed by atoms with Gasteiger partial charge in [-0.1, -0.05) is 6.07 Å². The number of carbonyl (C=O) groups excluding carboxylic acids is 1. The minimum atomic E-state index is -0.367. The van der Waals surface area contributed by atoms with E-state index in [1.165, 1.54) is 0 Å². The van der Waals surface area contributed by atoms with Gasteiger partial charge in [-0.05, 0) is 44.7 Å². The van der Waals surface area contributed by atoms with Crippen LogP contribution in [0.4, 0.5) is 11.4 Å². The minimum Gasteiger partial charge on any atom is -0.356 e. The van der Waals surface area contributed by atoms with Gasteiger partial charge in [0.05, 0.1) is 11.0 Å². The molecule has 1 aliphatic heterocycles. The molecular formula is C14H18N2O3. The quantitative estimate of drug-likeness (QED) is 0.620. The van der Waals surface area contributed by atoms with E-state index in [0.29, 0.717) is 12.2 Å². The molecule has 1 atom stereocenters. The molecule has 102 valence electrons. The van der Waals surface area contributed by atoms with Crippen molar-refractivity contribution in [3.05, 3.63) is 33.9 Å². The van der Waals surface area contributed by atoms with Gasteiger partial charge in [-0.2, -0.15) is 0 Å². The first kappa shape index (κ1) is 13.5. The molecule has 0 aromatic heterocycles. The zero-order valence-corrected chi connectivity index (χ0v) is 11.3. The van der Waals surface area contributed by atoms with Crippen molar-refractivity contribution in [2.45, 2.75) is 39.2 Å². The molecule has 1 saturated heterocycles. The van der Waals surface area contributed by atoms with Crippen LogP contribution in [0.3, 0.4) is 0 Å². The lowest BCUT2D eigenvalue weighted by Crippen LogP contribution is -2.44. The van der Waals surface area contributed by atoms with Gasteiger partial charge >= 0.3 is 0 Å². The number of rotatable bonds is 3. The molecule has 0 saturated carbocycles. The predicted molar refractivity (Wildman–Crippen MR) is 73.5 cm³/mol. The highest BCUT2D eigenvalue weighted by Crippen LogP contribution is 2.33. The highest BCUT2D eigenvalue weighted by molar-refractivity contribution is 5.86. The normalized spacial score (nSPS) is 19.3. The van der Waals surface area contributed by atoms with Gasteiger partial charge in [0, 0.05) is 12.6 Å². The standard InChI is InChI=1S/C14H18N2O3/c1-10-6-7-13(14(9-10)16(18)19)15-8-4-3-5-12(15)11(2)17/h6-7,9,12H,3-5,8H2,1-2H3. The molecule has 0 amide bonds. The largest absolute Gasteiger partial charge is 0.356 e. The van der Waals surface area contributed by atoms with Crippen molar-refractivity contribution in [1.29, 1.82) is 0 Å². The van der Waals surface area contributed by atoms with Crippen LogP contribution in [0.5, 0.6) is 0 Å². The van der Waals surface area contributed by atoms with Gasteiger partial charge in [0.2, 0.25) is 0 Å². The number of Topliss-reactive ketones (excluding diaryl/α,β-unsaturated/α-hetero) is 1. The van der Waals surface area contributed by atoms with E-state index >= 15 is 0 Å². The average Bonchev–Trinajstić information content (AvgIpc) is 2.38. The Hall–Kier alpha value is -1.91. The van der Waals surface area contributed by atoms with E-state index in [2.05, 4.69) is 0 Å². The summed E-state index contributed by atoms with van der Waals surface area (Å²) in [5.41, 5.74) is 1.51. The molecule has 2 rings (SSSR count). The maximum Gasteiger partial charge on any atom is 0.292 e. The summed E-state index contributed by atoms with van der Waals surface area (Å²) >= 11 is 0. The molecule has 1 unspecified atom stereocenters. The Balaban J connectivity index is 2.44. The van der Waals surface area contributed by atoms with E-state index in [0.717, 1.165) is 24.8 Å². The van der Waals surface area contributed by atoms with E-state index in [4.69, 9.17) is 0 Å². The number of aryl methyl sites for hydroxylation is 1. The smallest absolute Gasteiger partial charge is 0.292 e. The van der Waals surface area contributed by atoms with Crippen molar-refractivity contribution in [2.24, 2.45) is 0 Å². The fraction of sp³-hybridized carbons (Fsp3) is 0.500. The number of nitro groups is 1. The summed E-state index contributed by atoms with van der Waals surface area (Å²) in [6, 6.07) is 4.96. The highest BCUT2D eigenvalue weighted by Gasteiger charge is 2.30. The Labute approximate surface area is 112 Å². The Kier molecular flexibility index (Phi) is 3.83. The first-order valence-electron chi connectivity index (χ1n) is 6.53. The number of nitro benzene ring substituents is 1. The molecule has 0 aliphatic carbocycles. The lowest BCUT2D eigenvalue weighted by atomic mass is 9.97. The van der Waals surface area contributed by atoms with Crippen molar-refractivity contribution in [3.63, 3.8) is 0 Å². The minimum absolute atomic E-state index is 0.0783. The number of ketones is 1. The summed E-state index contributed by atoms with van der Waals surface area (Å²) in [5.74, 6) is 0.0783. The molecule has 5 nitrogen and oxygen atoms in total. The number of benzene rings is 1. The van der Waals surface area contributed by atoms with Crippen molar-refractivity contribution >= 4 is 17.2 Å². The fourth-order valence-corrected chi connectivity index (χ4v) is 2.67. The zero-order valence-electron chi connectivity index (χ0n) is 11.3. The fourth-order valence-electron chi connectivity index (χ4n) is 2.67. The summed E-state index contributed by atoms with van der Waals surface area (Å²) in [5, 5.41) is 11.2. The number of piperidine rings is 1. The summed E-state index contributed by atoms with van der Waals surface area (Å²) in [7, 11) is 0. The SMILES string of the molecule is CC(=O)C1CCCCN1c1ccc(C)cc1[N+](=O)[O-]. The van der Waals surface area contributed by atoms with Gasteiger partial charge in [-0.15, -0.1) is 0 Å². The van der Waals surface area contributed by atoms with Crippen LogP contribution in [0.15, 0.2) is 18.2 Å². The van der Waals surface area contributed by atoms with E-state index < -0.39 is 0 Å². The second kappa shape index (κ2) is 5.38. The van der Waals surface area contributed by atoms with E-state index in [1.807, 2.05) is 17.9 Å². The summed E-state index contributed by atoms with van der Waals surface area (Å²) in [6.45, 7) is 4.09. The van der Waals surface area contributed by atoms with Gasteiger partial charge in [-0.25, -0.2) is 0 Å². The molecule has 0 bridgehead atoms. The molecule has 1 aromatic rings. The second-order valence-electron chi connectivity index (χ2n) is 5.06. The van der Waals surface area contributed by atoms with Crippen LogP contribution in [-0.4, -0.2) is 23.3 Å². The van der Waals surface area contributed by atoms with E-state index in [-0.39, 0.29) is 22.4 Å². The molecule has 1 heterocycles. The van der Waals surface area contributed by atoms with Crippen LogP contribution in [0.1, 0.15) is 31.7 Å². The highest BCUT2D eigenvalue weighted by atomic mass is 16.6. The summed E-state index contributed by atoms with van der Waals surface area (Å²) in [4.78, 5) is 24.4. The molecule has 1 fully saturated rings. The van der Waals surface area contributed by atoms with Gasteiger partial charge in [0.1, 0.15) is 5.69 Å². The maximum atomic E-state index is 11.7. The summed E-state index contributed by atoms with van der Waals surface area (Å²) in [6.07, 6.45) is 2.75. The van der Waals surface area contributed by atoms with Crippen molar-refractivity contribution in [2.75, 3.05) is 11.4 Å². The molecule has 19 heavy (non-hydrogen) atoms. The van der Waals surface area contributed by atoms with Crippen LogP contribution < -0.4 is 4.90 Å². The molecular weight excluding hydrogens is 244 g/mol. The predicted octanol–water partition coefficient (Wildman–Crippen LogP) is 2.85. The van der Waals surface area contributed by atoms with E-state index in [9.17, 15) is 14.9 Å². The Morgan fingerprint density at radius 3 is 2.79 bits per heavy atom. The third-order valence-corrected chi connectivity index (χ3v) is 3.61. The molecule has 0 radical (unpaired) electrons. The molecule has 1 aliphatic rings. The van der Waals surface area contributed by atoms with Crippen LogP contribution in [-0.2, 0) is 4.79 Å². The molecule has 5 heteroatoms. The Bertz CT molecular complexity index is 513. The number of hydrogen-bond acceptors (Lipinski definition) is 4. The zero-order chi connectivity index (χ0) is 14.0.